The molecule has 0 spiro atoms. The summed E-state index contributed by atoms with van der Waals surface area (Å²) in [6.45, 7) is 7.55. The van der Waals surface area contributed by atoms with E-state index in [1.54, 1.807) is 0 Å². The average Bonchev–Trinajstić information content (AvgIpc) is 2.51. The highest BCUT2D eigenvalue weighted by Crippen LogP contribution is 2.11. The van der Waals surface area contributed by atoms with Crippen LogP contribution in [-0.2, 0) is 0 Å². The molecule has 8 heteroatoms. The van der Waals surface area contributed by atoms with Gasteiger partial charge in [0.05, 0.1) is 4.92 Å². The minimum Gasteiger partial charge on any atom is -0.361 e. The normalized spacial score (nSPS) is 10.3. The van der Waals surface area contributed by atoms with Crippen molar-refractivity contribution in [3.8, 4) is 0 Å². The Hall–Kier alpha value is -2.06. The number of benzene rings is 1. The second-order valence-electron chi connectivity index (χ2n) is 4.54. The van der Waals surface area contributed by atoms with Crippen LogP contribution in [0.3, 0.4) is 0 Å². The highest BCUT2D eigenvalue weighted by Gasteiger charge is 2.10. The van der Waals surface area contributed by atoms with Gasteiger partial charge in [-0.05, 0) is 37.4 Å². The molecule has 120 valence electrons. The molecule has 0 aliphatic heterocycles. The molecule has 0 fully saturated rings. The third-order valence-corrected chi connectivity index (χ3v) is 3.42. The first-order chi connectivity index (χ1) is 10.5. The molecule has 0 aromatic heterocycles. The molecule has 1 aromatic rings. The Morgan fingerprint density at radius 3 is 2.36 bits per heavy atom. The fraction of sp³-hybridized carbons (Fsp3) is 0.429. The van der Waals surface area contributed by atoms with Gasteiger partial charge in [0.15, 0.2) is 5.11 Å². The van der Waals surface area contributed by atoms with Crippen LogP contribution in [0.25, 0.3) is 0 Å². The average molecular weight is 324 g/mol. The van der Waals surface area contributed by atoms with Gasteiger partial charge < -0.3 is 10.2 Å². The molecule has 1 aromatic carbocycles. The molecule has 0 heterocycles. The van der Waals surface area contributed by atoms with Crippen molar-refractivity contribution < 1.29 is 9.72 Å². The number of hydrogen-bond donors (Lipinski definition) is 2. The molecule has 0 saturated heterocycles. The SMILES string of the molecule is CCN(CC)CCNC(=S)NC(=O)c1ccc([N+](=O)[O-])cc1. The number of rotatable bonds is 7. The zero-order chi connectivity index (χ0) is 16.5. The van der Waals surface area contributed by atoms with E-state index in [1.165, 1.54) is 24.3 Å². The van der Waals surface area contributed by atoms with E-state index in [0.717, 1.165) is 19.6 Å². The van der Waals surface area contributed by atoms with Gasteiger partial charge in [-0.2, -0.15) is 0 Å². The molecule has 1 rings (SSSR count). The Morgan fingerprint density at radius 2 is 1.86 bits per heavy atom. The minimum atomic E-state index is -0.513. The predicted octanol–water partition coefficient (Wildman–Crippen LogP) is 1.54. The van der Waals surface area contributed by atoms with E-state index < -0.39 is 10.8 Å². The van der Waals surface area contributed by atoms with E-state index in [-0.39, 0.29) is 10.8 Å². The summed E-state index contributed by atoms with van der Waals surface area (Å²) in [7, 11) is 0. The Bertz CT molecular complexity index is 529. The fourth-order valence-electron chi connectivity index (χ4n) is 1.82. The molecule has 0 atom stereocenters. The number of carbonyl (C=O) groups excluding carboxylic acids is 1. The van der Waals surface area contributed by atoms with Gasteiger partial charge in [0, 0.05) is 30.8 Å². The number of non-ortho nitro benzene ring substituents is 1. The van der Waals surface area contributed by atoms with Crippen molar-refractivity contribution in [2.24, 2.45) is 0 Å². The summed E-state index contributed by atoms with van der Waals surface area (Å²) in [5.41, 5.74) is 0.259. The van der Waals surface area contributed by atoms with Crippen LogP contribution in [0.5, 0.6) is 0 Å². The standard InChI is InChI=1S/C14H20N4O3S/c1-3-17(4-2)10-9-15-14(22)16-13(19)11-5-7-12(8-6-11)18(20)21/h5-8H,3-4,9-10H2,1-2H3,(H2,15,16,19,22). The summed E-state index contributed by atoms with van der Waals surface area (Å²) in [5.74, 6) is -0.393. The van der Waals surface area contributed by atoms with Crippen LogP contribution < -0.4 is 10.6 Å². The van der Waals surface area contributed by atoms with Crippen molar-refractivity contribution in [3.63, 3.8) is 0 Å². The summed E-state index contributed by atoms with van der Waals surface area (Å²) in [6, 6.07) is 5.36. The first kappa shape index (κ1) is 18.0. The number of nitro benzene ring substituents is 1. The quantitative estimate of drug-likeness (QED) is 0.449. The second-order valence-corrected chi connectivity index (χ2v) is 4.95. The topological polar surface area (TPSA) is 87.5 Å². The highest BCUT2D eigenvalue weighted by molar-refractivity contribution is 7.80. The van der Waals surface area contributed by atoms with Crippen LogP contribution in [0.4, 0.5) is 5.69 Å². The maximum Gasteiger partial charge on any atom is 0.269 e. The molecule has 22 heavy (non-hydrogen) atoms. The lowest BCUT2D eigenvalue weighted by Crippen LogP contribution is -2.42. The van der Waals surface area contributed by atoms with Crippen LogP contribution in [-0.4, -0.2) is 47.0 Å². The first-order valence-corrected chi connectivity index (χ1v) is 7.44. The maximum absolute atomic E-state index is 11.9. The molecular formula is C14H20N4O3S. The molecule has 0 unspecified atom stereocenters. The van der Waals surface area contributed by atoms with E-state index in [1.807, 2.05) is 0 Å². The number of likely N-dealkylation sites (N-methyl/N-ethyl adjacent to an activating group) is 1. The van der Waals surface area contributed by atoms with Crippen molar-refractivity contribution in [2.45, 2.75) is 13.8 Å². The lowest BCUT2D eigenvalue weighted by molar-refractivity contribution is -0.384. The smallest absolute Gasteiger partial charge is 0.269 e. The van der Waals surface area contributed by atoms with Gasteiger partial charge in [-0.15, -0.1) is 0 Å². The molecule has 0 aliphatic carbocycles. The Balaban J connectivity index is 2.43. The summed E-state index contributed by atoms with van der Waals surface area (Å²) < 4.78 is 0. The second kappa shape index (κ2) is 9.06. The van der Waals surface area contributed by atoms with Crippen LogP contribution in [0.2, 0.25) is 0 Å². The molecule has 0 aliphatic rings. The monoisotopic (exact) mass is 324 g/mol. The van der Waals surface area contributed by atoms with Crippen molar-refractivity contribution in [1.82, 2.24) is 15.5 Å². The van der Waals surface area contributed by atoms with Crippen LogP contribution in [0.1, 0.15) is 24.2 Å². The van der Waals surface area contributed by atoms with Gasteiger partial charge in [-0.3, -0.25) is 20.2 Å². The van der Waals surface area contributed by atoms with Gasteiger partial charge in [0.2, 0.25) is 0 Å². The number of nitro groups is 1. The van der Waals surface area contributed by atoms with Gasteiger partial charge in [0.25, 0.3) is 11.6 Å². The van der Waals surface area contributed by atoms with Gasteiger partial charge in [-0.1, -0.05) is 13.8 Å². The largest absolute Gasteiger partial charge is 0.361 e. The van der Waals surface area contributed by atoms with E-state index >= 15 is 0 Å². The Labute approximate surface area is 134 Å². The van der Waals surface area contributed by atoms with E-state index in [2.05, 4.69) is 29.4 Å². The van der Waals surface area contributed by atoms with E-state index in [4.69, 9.17) is 12.2 Å². The number of carbonyl (C=O) groups is 1. The third-order valence-electron chi connectivity index (χ3n) is 3.18. The van der Waals surface area contributed by atoms with Crippen molar-refractivity contribution in [1.29, 1.82) is 0 Å². The fourth-order valence-corrected chi connectivity index (χ4v) is 2.02. The number of amides is 1. The number of nitrogens with zero attached hydrogens (tertiary/aromatic N) is 2. The zero-order valence-corrected chi connectivity index (χ0v) is 13.5. The zero-order valence-electron chi connectivity index (χ0n) is 12.7. The first-order valence-electron chi connectivity index (χ1n) is 7.03. The highest BCUT2D eigenvalue weighted by atomic mass is 32.1. The van der Waals surface area contributed by atoms with E-state index in [9.17, 15) is 14.9 Å². The van der Waals surface area contributed by atoms with Crippen LogP contribution in [0, 0.1) is 10.1 Å². The number of thiocarbonyl (C=S) groups is 1. The summed E-state index contributed by atoms with van der Waals surface area (Å²) in [5, 5.41) is 16.3. The van der Waals surface area contributed by atoms with E-state index in [0.29, 0.717) is 12.1 Å². The van der Waals surface area contributed by atoms with Crippen molar-refractivity contribution in [3.05, 3.63) is 39.9 Å². The molecule has 0 saturated carbocycles. The Morgan fingerprint density at radius 1 is 1.27 bits per heavy atom. The van der Waals surface area contributed by atoms with Crippen molar-refractivity contribution >= 4 is 28.9 Å². The molecular weight excluding hydrogens is 304 g/mol. The molecule has 0 bridgehead atoms. The summed E-state index contributed by atoms with van der Waals surface area (Å²) in [4.78, 5) is 24.2. The van der Waals surface area contributed by atoms with Gasteiger partial charge >= 0.3 is 0 Å². The van der Waals surface area contributed by atoms with Crippen LogP contribution >= 0.6 is 12.2 Å². The maximum atomic E-state index is 11.9. The third kappa shape index (κ3) is 5.74. The lowest BCUT2D eigenvalue weighted by Gasteiger charge is -2.18. The van der Waals surface area contributed by atoms with Crippen LogP contribution in [0.15, 0.2) is 24.3 Å². The number of hydrogen-bond acceptors (Lipinski definition) is 5. The van der Waals surface area contributed by atoms with Crippen molar-refractivity contribution in [2.75, 3.05) is 26.2 Å². The predicted molar refractivity (Wildman–Crippen MR) is 89.0 cm³/mol. The number of nitrogens with one attached hydrogen (secondary N) is 2. The molecule has 0 radical (unpaired) electrons. The lowest BCUT2D eigenvalue weighted by atomic mass is 10.2. The van der Waals surface area contributed by atoms with Gasteiger partial charge in [-0.25, -0.2) is 0 Å². The summed E-state index contributed by atoms with van der Waals surface area (Å²) in [6.07, 6.45) is 0. The molecule has 2 N–H and O–H groups in total. The molecule has 1 amide bonds. The molecule has 7 nitrogen and oxygen atoms in total. The Kier molecular flexibility index (Phi) is 7.41. The summed E-state index contributed by atoms with van der Waals surface area (Å²) >= 11 is 5.05. The van der Waals surface area contributed by atoms with Gasteiger partial charge in [0.1, 0.15) is 0 Å². The minimum absolute atomic E-state index is 0.0588.